The molecule has 5 aromatic rings. The van der Waals surface area contributed by atoms with Crippen LogP contribution >= 0.6 is 0 Å². The van der Waals surface area contributed by atoms with Crippen molar-refractivity contribution in [2.45, 2.75) is 12.5 Å². The van der Waals surface area contributed by atoms with Crippen molar-refractivity contribution in [3.05, 3.63) is 100.0 Å². The minimum atomic E-state index is -0.716. The van der Waals surface area contributed by atoms with Crippen LogP contribution in [0, 0.1) is 17.5 Å². The highest BCUT2D eigenvalue weighted by atomic mass is 19.1. The Balaban J connectivity index is 1.59. The Bertz CT molecular complexity index is 1690. The summed E-state index contributed by atoms with van der Waals surface area (Å²) in [6.45, 7) is 0.819. The van der Waals surface area contributed by atoms with Gasteiger partial charge < -0.3 is 15.0 Å². The van der Waals surface area contributed by atoms with E-state index in [4.69, 9.17) is 10.5 Å². The molecule has 6 rings (SSSR count). The number of nitrogens with zero attached hydrogens (tertiary/aromatic N) is 5. The number of ether oxygens (including phenoxy) is 1. The summed E-state index contributed by atoms with van der Waals surface area (Å²) in [6.07, 6.45) is 1.46. The lowest BCUT2D eigenvalue weighted by molar-refractivity contribution is -0.0247. The van der Waals surface area contributed by atoms with Crippen LogP contribution in [0.1, 0.15) is 17.4 Å². The van der Waals surface area contributed by atoms with Crippen molar-refractivity contribution < 1.29 is 17.9 Å². The molecule has 2 N–H and O–H groups in total. The zero-order valence-electron chi connectivity index (χ0n) is 19.2. The van der Waals surface area contributed by atoms with Crippen LogP contribution in [0.3, 0.4) is 0 Å². The number of nitrogens with two attached hydrogens (primary N) is 1. The van der Waals surface area contributed by atoms with Gasteiger partial charge in [0.25, 0.3) is 5.56 Å². The molecule has 1 fully saturated rings. The Kier molecular flexibility index (Phi) is 5.49. The summed E-state index contributed by atoms with van der Waals surface area (Å²) in [4.78, 5) is 21.6. The topological polar surface area (TPSA) is 100 Å². The van der Waals surface area contributed by atoms with Crippen molar-refractivity contribution in [1.82, 2.24) is 24.1 Å². The Morgan fingerprint density at radius 1 is 0.946 bits per heavy atom. The lowest BCUT2D eigenvalue weighted by Gasteiger charge is -2.28. The summed E-state index contributed by atoms with van der Waals surface area (Å²) in [7, 11) is 0. The van der Waals surface area contributed by atoms with Crippen LogP contribution in [0.4, 0.5) is 19.1 Å². The van der Waals surface area contributed by atoms with Gasteiger partial charge >= 0.3 is 0 Å². The van der Waals surface area contributed by atoms with Gasteiger partial charge in [-0.3, -0.25) is 4.79 Å². The minimum absolute atomic E-state index is 0.0217. The zero-order chi connectivity index (χ0) is 25.7. The van der Waals surface area contributed by atoms with Gasteiger partial charge in [0.2, 0.25) is 5.95 Å². The molecule has 3 aromatic heterocycles. The number of rotatable bonds is 5. The van der Waals surface area contributed by atoms with E-state index in [0.717, 1.165) is 12.1 Å². The van der Waals surface area contributed by atoms with E-state index >= 15 is 0 Å². The van der Waals surface area contributed by atoms with Gasteiger partial charge in [-0.25, -0.2) is 23.1 Å². The smallest absolute Gasteiger partial charge is 0.250 e. The Morgan fingerprint density at radius 2 is 1.65 bits per heavy atom. The summed E-state index contributed by atoms with van der Waals surface area (Å²) >= 11 is 0. The maximum atomic E-state index is 14.3. The molecule has 11 heteroatoms. The van der Waals surface area contributed by atoms with Crippen LogP contribution in [0.15, 0.2) is 65.6 Å². The minimum Gasteiger partial charge on any atom is -0.377 e. The lowest BCUT2D eigenvalue weighted by atomic mass is 10.0. The molecular formula is C26H19F3N6O2. The molecule has 186 valence electrons. The van der Waals surface area contributed by atoms with E-state index in [1.807, 2.05) is 0 Å². The molecule has 0 amide bonds. The van der Waals surface area contributed by atoms with Gasteiger partial charge in [-0.15, -0.1) is 5.10 Å². The van der Waals surface area contributed by atoms with Crippen molar-refractivity contribution in [3.63, 3.8) is 0 Å². The van der Waals surface area contributed by atoms with Crippen molar-refractivity contribution in [1.29, 1.82) is 0 Å². The first-order chi connectivity index (χ1) is 17.9. The third-order valence-electron chi connectivity index (χ3n) is 6.31. The fraction of sp³-hybridized carbons (Fsp3) is 0.154. The van der Waals surface area contributed by atoms with Gasteiger partial charge in [0.05, 0.1) is 30.5 Å². The van der Waals surface area contributed by atoms with Gasteiger partial charge in [0, 0.05) is 35.4 Å². The van der Waals surface area contributed by atoms with Crippen LogP contribution in [0.2, 0.25) is 0 Å². The predicted octanol–water partition coefficient (Wildman–Crippen LogP) is 3.78. The van der Waals surface area contributed by atoms with Gasteiger partial charge in [-0.2, -0.15) is 4.52 Å². The molecule has 0 atom stereocenters. The van der Waals surface area contributed by atoms with Gasteiger partial charge in [-0.05, 0) is 42.5 Å². The van der Waals surface area contributed by atoms with E-state index in [0.29, 0.717) is 35.6 Å². The van der Waals surface area contributed by atoms with Crippen molar-refractivity contribution in [2.24, 2.45) is 0 Å². The predicted molar refractivity (Wildman–Crippen MR) is 129 cm³/mol. The summed E-state index contributed by atoms with van der Waals surface area (Å²) in [5.74, 6) is -1.75. The Labute approximate surface area is 207 Å². The maximum Gasteiger partial charge on any atom is 0.250 e. The second kappa shape index (κ2) is 8.86. The normalized spacial score (nSPS) is 13.7. The molecule has 1 aliphatic rings. The molecular weight excluding hydrogens is 485 g/mol. The number of anilines is 1. The first-order valence-corrected chi connectivity index (χ1v) is 11.4. The number of hydrogen-bond acceptors (Lipinski definition) is 6. The first kappa shape index (κ1) is 22.9. The maximum absolute atomic E-state index is 14.3. The fourth-order valence-electron chi connectivity index (χ4n) is 4.34. The standard InChI is InChI=1S/C26H19F3N6O2/c27-16-7-4-14(5-8-16)24-23(15-6-9-22(36)34(11-15)17-12-37-13-17)25-31-21(33-35(25)26(30)32-24)10-18-19(28)2-1-3-20(18)29/h1-9,11,17H,10,12-13H2,(H2,30,32). The number of hydrogen-bond donors (Lipinski definition) is 1. The number of nitrogen functional groups attached to an aromatic ring is 1. The molecule has 1 aliphatic heterocycles. The average Bonchev–Trinajstić information content (AvgIpc) is 3.27. The third-order valence-corrected chi connectivity index (χ3v) is 6.31. The summed E-state index contributed by atoms with van der Waals surface area (Å²) in [5.41, 5.74) is 8.12. The number of halogens is 3. The molecule has 2 aromatic carbocycles. The van der Waals surface area contributed by atoms with Crippen LogP contribution in [-0.2, 0) is 11.2 Å². The summed E-state index contributed by atoms with van der Waals surface area (Å²) < 4.78 is 50.4. The van der Waals surface area contributed by atoms with Crippen molar-refractivity contribution in [3.8, 4) is 22.4 Å². The molecule has 0 aliphatic carbocycles. The molecule has 0 spiro atoms. The molecule has 37 heavy (non-hydrogen) atoms. The zero-order valence-corrected chi connectivity index (χ0v) is 19.2. The molecule has 0 bridgehead atoms. The van der Waals surface area contributed by atoms with E-state index in [-0.39, 0.29) is 41.0 Å². The van der Waals surface area contributed by atoms with E-state index in [9.17, 15) is 18.0 Å². The second-order valence-electron chi connectivity index (χ2n) is 8.70. The summed E-state index contributed by atoms with van der Waals surface area (Å²) in [5, 5.41) is 4.36. The number of benzene rings is 2. The lowest BCUT2D eigenvalue weighted by Crippen LogP contribution is -2.36. The van der Waals surface area contributed by atoms with E-state index in [2.05, 4.69) is 15.1 Å². The molecule has 0 radical (unpaired) electrons. The van der Waals surface area contributed by atoms with Gasteiger partial charge in [-0.1, -0.05) is 6.07 Å². The molecule has 8 nitrogen and oxygen atoms in total. The fourth-order valence-corrected chi connectivity index (χ4v) is 4.34. The van der Waals surface area contributed by atoms with Gasteiger partial charge in [0.15, 0.2) is 11.5 Å². The van der Waals surface area contributed by atoms with Crippen molar-refractivity contribution in [2.75, 3.05) is 18.9 Å². The van der Waals surface area contributed by atoms with E-state index in [1.165, 1.54) is 28.8 Å². The highest BCUT2D eigenvalue weighted by Gasteiger charge is 2.25. The summed E-state index contributed by atoms with van der Waals surface area (Å²) in [6, 6.07) is 12.3. The van der Waals surface area contributed by atoms with Crippen LogP contribution in [0.5, 0.6) is 0 Å². The van der Waals surface area contributed by atoms with Crippen LogP contribution < -0.4 is 11.3 Å². The average molecular weight is 504 g/mol. The molecule has 0 unspecified atom stereocenters. The highest BCUT2D eigenvalue weighted by Crippen LogP contribution is 2.35. The number of aromatic nitrogens is 5. The Morgan fingerprint density at radius 3 is 2.32 bits per heavy atom. The second-order valence-corrected chi connectivity index (χ2v) is 8.70. The largest absolute Gasteiger partial charge is 0.377 e. The van der Waals surface area contributed by atoms with Crippen LogP contribution in [0.25, 0.3) is 28.0 Å². The number of fused-ring (bicyclic) bond motifs is 1. The van der Waals surface area contributed by atoms with Crippen molar-refractivity contribution >= 4 is 11.6 Å². The quantitative estimate of drug-likeness (QED) is 0.391. The molecule has 0 saturated carbocycles. The monoisotopic (exact) mass is 504 g/mol. The SMILES string of the molecule is Nc1nc(-c2ccc(F)cc2)c(-c2ccc(=O)n(C3COC3)c2)c2nc(Cc3c(F)cccc3F)nn12. The number of pyridine rings is 1. The van der Waals surface area contributed by atoms with E-state index in [1.54, 1.807) is 29.0 Å². The highest BCUT2D eigenvalue weighted by molar-refractivity contribution is 5.90. The van der Waals surface area contributed by atoms with E-state index < -0.39 is 17.5 Å². The first-order valence-electron chi connectivity index (χ1n) is 11.4. The van der Waals surface area contributed by atoms with Gasteiger partial charge in [0.1, 0.15) is 17.5 Å². The Hall–Kier alpha value is -4.51. The third kappa shape index (κ3) is 4.02. The molecule has 4 heterocycles. The van der Waals surface area contributed by atoms with Crippen LogP contribution in [-0.4, -0.2) is 37.4 Å². The molecule has 1 saturated heterocycles.